The molecule has 0 N–H and O–H groups in total. The van der Waals surface area contributed by atoms with E-state index >= 15 is 0 Å². The van der Waals surface area contributed by atoms with Gasteiger partial charge in [0, 0.05) is 50.6 Å². The highest BCUT2D eigenvalue weighted by Gasteiger charge is 2.39. The minimum atomic E-state index is -0.277. The van der Waals surface area contributed by atoms with Crippen molar-refractivity contribution in [3.63, 3.8) is 0 Å². The van der Waals surface area contributed by atoms with Crippen LogP contribution in [0.15, 0.2) is 54.7 Å². The number of aromatic nitrogens is 2. The maximum atomic E-state index is 13.5. The zero-order chi connectivity index (χ0) is 25.7. The minimum Gasteiger partial charge on any atom is -0.493 e. The zero-order valence-electron chi connectivity index (χ0n) is 21.8. The molecule has 1 aromatic heterocycles. The lowest BCUT2D eigenvalue weighted by molar-refractivity contribution is -0.135. The molecule has 2 heterocycles. The molecule has 4 rings (SSSR count). The molecule has 6 nitrogen and oxygen atoms in total. The fraction of sp³-hybridized carbons (Fsp3) is 0.448. The Bertz CT molecular complexity index is 1160. The summed E-state index contributed by atoms with van der Waals surface area (Å²) < 4.78 is 8.30. The number of ether oxygens (including phenoxy) is 1. The molecule has 36 heavy (non-hydrogen) atoms. The summed E-state index contributed by atoms with van der Waals surface area (Å²) in [5.41, 5.74) is 4.25. The average Bonchev–Trinajstić information content (AvgIpc) is 3.17. The monoisotopic (exact) mass is 508 g/mol. The summed E-state index contributed by atoms with van der Waals surface area (Å²) >= 11 is 6.22. The van der Waals surface area contributed by atoms with Crippen LogP contribution in [-0.4, -0.2) is 52.2 Å². The molecule has 1 atom stereocenters. The zero-order valence-corrected chi connectivity index (χ0v) is 22.6. The third kappa shape index (κ3) is 6.48. The van der Waals surface area contributed by atoms with Crippen LogP contribution in [0.2, 0.25) is 5.02 Å². The van der Waals surface area contributed by atoms with Crippen molar-refractivity contribution in [1.82, 2.24) is 19.6 Å². The van der Waals surface area contributed by atoms with Gasteiger partial charge in [0.25, 0.3) is 0 Å². The number of piperidine rings is 1. The molecule has 1 aliphatic heterocycles. The number of carbonyl (C=O) groups excluding carboxylic acids is 1. The molecule has 3 aromatic rings. The van der Waals surface area contributed by atoms with Crippen molar-refractivity contribution >= 4 is 17.5 Å². The highest BCUT2D eigenvalue weighted by molar-refractivity contribution is 6.31. The van der Waals surface area contributed by atoms with Crippen LogP contribution < -0.4 is 4.74 Å². The van der Waals surface area contributed by atoms with Crippen LogP contribution in [0, 0.1) is 19.3 Å². The van der Waals surface area contributed by atoms with Crippen LogP contribution >= 0.6 is 11.6 Å². The third-order valence-electron chi connectivity index (χ3n) is 7.27. The summed E-state index contributed by atoms with van der Waals surface area (Å²) in [6.07, 6.45) is 4.34. The lowest BCUT2D eigenvalue weighted by Crippen LogP contribution is -2.48. The van der Waals surface area contributed by atoms with Gasteiger partial charge in [-0.15, -0.1) is 0 Å². The Morgan fingerprint density at radius 1 is 1.17 bits per heavy atom. The first-order valence-electron chi connectivity index (χ1n) is 12.6. The molecular formula is C29H37ClN4O2. The molecular weight excluding hydrogens is 472 g/mol. The summed E-state index contributed by atoms with van der Waals surface area (Å²) in [4.78, 5) is 17.8. The number of likely N-dealkylation sites (tertiary alicyclic amines) is 1. The highest BCUT2D eigenvalue weighted by atomic mass is 35.5. The Labute approximate surface area is 219 Å². The number of hydrogen-bond donors (Lipinski definition) is 0. The predicted molar refractivity (Wildman–Crippen MR) is 144 cm³/mol. The lowest BCUT2D eigenvalue weighted by Gasteiger charge is -2.43. The number of nitrogens with zero attached hydrogens (tertiary/aromatic N) is 4. The van der Waals surface area contributed by atoms with Crippen LogP contribution in [0.1, 0.15) is 41.6 Å². The van der Waals surface area contributed by atoms with E-state index in [0.29, 0.717) is 19.6 Å². The average molecular weight is 509 g/mol. The number of aryl methyl sites for hydroxylation is 3. The Morgan fingerprint density at radius 2 is 1.94 bits per heavy atom. The number of halogens is 1. The van der Waals surface area contributed by atoms with Crippen LogP contribution in [0.25, 0.3) is 0 Å². The van der Waals surface area contributed by atoms with Crippen LogP contribution in [0.4, 0.5) is 0 Å². The Hall–Kier alpha value is -2.83. The molecule has 1 saturated heterocycles. The van der Waals surface area contributed by atoms with Crippen molar-refractivity contribution in [1.29, 1.82) is 0 Å². The Morgan fingerprint density at radius 3 is 2.64 bits per heavy atom. The second-order valence-corrected chi connectivity index (χ2v) is 10.7. The Balaban J connectivity index is 1.51. The molecule has 0 spiro atoms. The van der Waals surface area contributed by atoms with Gasteiger partial charge >= 0.3 is 0 Å². The first-order valence-corrected chi connectivity index (χ1v) is 13.0. The van der Waals surface area contributed by atoms with Gasteiger partial charge in [0.05, 0.1) is 18.5 Å². The van der Waals surface area contributed by atoms with Gasteiger partial charge in [-0.2, -0.15) is 5.10 Å². The van der Waals surface area contributed by atoms with Gasteiger partial charge in [-0.25, -0.2) is 0 Å². The summed E-state index contributed by atoms with van der Waals surface area (Å²) in [5, 5.41) is 5.14. The fourth-order valence-electron chi connectivity index (χ4n) is 5.11. The van der Waals surface area contributed by atoms with E-state index in [0.717, 1.165) is 54.4 Å². The second kappa shape index (κ2) is 11.5. The Kier molecular flexibility index (Phi) is 8.37. The molecule has 1 aliphatic rings. The SMILES string of the molecule is Cc1cc(OCC2(CC(=O)N(C)Cc3ccccc3)CCCN(Cc3c(C)cnn3C)C2)ccc1Cl. The van der Waals surface area contributed by atoms with Gasteiger partial charge in [-0.3, -0.25) is 14.4 Å². The molecule has 0 bridgehead atoms. The highest BCUT2D eigenvalue weighted by Crippen LogP contribution is 2.36. The standard InChI is InChI=1S/C29H37ClN4O2/c1-22-15-25(11-12-26(22)30)36-21-29(16-28(35)32(3)18-24-9-6-5-7-10-24)13-8-14-34(20-29)19-27-23(2)17-31-33(27)4/h5-7,9-12,15,17H,8,13-14,16,18-21H2,1-4H3. The van der Waals surface area contributed by atoms with E-state index in [1.54, 1.807) is 0 Å². The second-order valence-electron chi connectivity index (χ2n) is 10.3. The fourth-order valence-corrected chi connectivity index (χ4v) is 5.23. The van der Waals surface area contributed by atoms with E-state index in [4.69, 9.17) is 16.3 Å². The maximum absolute atomic E-state index is 13.5. The topological polar surface area (TPSA) is 50.6 Å². The molecule has 1 fully saturated rings. The van der Waals surface area contributed by atoms with Crippen LogP contribution in [-0.2, 0) is 24.9 Å². The largest absolute Gasteiger partial charge is 0.493 e. The van der Waals surface area contributed by atoms with E-state index in [1.165, 1.54) is 11.3 Å². The predicted octanol–water partition coefficient (Wildman–Crippen LogP) is 5.40. The summed E-state index contributed by atoms with van der Waals surface area (Å²) in [7, 11) is 3.89. The first kappa shape index (κ1) is 26.2. The van der Waals surface area contributed by atoms with Crippen LogP contribution in [0.3, 0.4) is 0 Å². The minimum absolute atomic E-state index is 0.147. The molecule has 1 amide bonds. The molecule has 0 radical (unpaired) electrons. The van der Waals surface area contributed by atoms with Crippen molar-refractivity contribution in [2.75, 3.05) is 26.7 Å². The number of rotatable bonds is 9. The molecule has 2 aromatic carbocycles. The van der Waals surface area contributed by atoms with Crippen molar-refractivity contribution in [3.8, 4) is 5.75 Å². The number of carbonyl (C=O) groups is 1. The summed E-state index contributed by atoms with van der Waals surface area (Å²) in [6.45, 7) is 7.79. The maximum Gasteiger partial charge on any atom is 0.223 e. The van der Waals surface area contributed by atoms with Crippen molar-refractivity contribution < 1.29 is 9.53 Å². The molecule has 1 unspecified atom stereocenters. The number of amides is 1. The van der Waals surface area contributed by atoms with Gasteiger partial charge in [-0.05, 0) is 68.1 Å². The molecule has 0 saturated carbocycles. The van der Waals surface area contributed by atoms with E-state index in [2.05, 4.69) is 29.1 Å². The smallest absolute Gasteiger partial charge is 0.223 e. The van der Waals surface area contributed by atoms with Crippen molar-refractivity contribution in [2.45, 2.75) is 46.2 Å². The quantitative estimate of drug-likeness (QED) is 0.388. The molecule has 192 valence electrons. The summed E-state index contributed by atoms with van der Waals surface area (Å²) in [5.74, 6) is 0.939. The normalized spacial score (nSPS) is 18.2. The first-order chi connectivity index (χ1) is 17.2. The van der Waals surface area contributed by atoms with E-state index in [1.807, 2.05) is 73.2 Å². The third-order valence-corrected chi connectivity index (χ3v) is 7.70. The van der Waals surface area contributed by atoms with Gasteiger partial charge in [-0.1, -0.05) is 41.9 Å². The van der Waals surface area contributed by atoms with Gasteiger partial charge < -0.3 is 9.64 Å². The van der Waals surface area contributed by atoms with Crippen molar-refractivity contribution in [2.24, 2.45) is 12.5 Å². The van der Waals surface area contributed by atoms with Gasteiger partial charge in [0.1, 0.15) is 5.75 Å². The van der Waals surface area contributed by atoms with Gasteiger partial charge in [0.2, 0.25) is 5.91 Å². The van der Waals surface area contributed by atoms with Gasteiger partial charge in [0.15, 0.2) is 0 Å². The number of hydrogen-bond acceptors (Lipinski definition) is 4. The number of benzene rings is 2. The van der Waals surface area contributed by atoms with E-state index in [-0.39, 0.29) is 11.3 Å². The molecule has 7 heteroatoms. The van der Waals surface area contributed by atoms with Crippen molar-refractivity contribution in [3.05, 3.63) is 82.1 Å². The van der Waals surface area contributed by atoms with E-state index < -0.39 is 0 Å². The lowest BCUT2D eigenvalue weighted by atomic mass is 9.77. The van der Waals surface area contributed by atoms with Crippen LogP contribution in [0.5, 0.6) is 5.75 Å². The summed E-state index contributed by atoms with van der Waals surface area (Å²) in [6, 6.07) is 15.9. The molecule has 0 aliphatic carbocycles. The van der Waals surface area contributed by atoms with E-state index in [9.17, 15) is 4.79 Å².